The van der Waals surface area contributed by atoms with Crippen LogP contribution in [0.1, 0.15) is 12.8 Å². The Morgan fingerprint density at radius 3 is 2.41 bits per heavy atom. The van der Waals surface area contributed by atoms with Crippen LogP contribution in [0.25, 0.3) is 0 Å². The van der Waals surface area contributed by atoms with Crippen LogP contribution in [0, 0.1) is 11.5 Å². The Bertz CT molecular complexity index is 329. The largest absolute Gasteiger partial charge is 0.469 e. The second-order valence-electron chi connectivity index (χ2n) is 5.03. The highest BCUT2D eigenvalue weighted by atomic mass is 28.3. The molecule has 0 aromatic rings. The predicted molar refractivity (Wildman–Crippen MR) is 67.0 cm³/mol. The number of esters is 1. The van der Waals surface area contributed by atoms with E-state index in [-0.39, 0.29) is 12.4 Å². The summed E-state index contributed by atoms with van der Waals surface area (Å²) in [5.74, 6) is 1.91. The van der Waals surface area contributed by atoms with Gasteiger partial charge in [0.25, 0.3) is 0 Å². The van der Waals surface area contributed by atoms with E-state index in [1.165, 1.54) is 7.11 Å². The number of rotatable bonds is 3. The van der Waals surface area contributed by atoms with Gasteiger partial charge in [0.1, 0.15) is 8.07 Å². The number of carbonyl (C=O) groups excluding carboxylic acids is 1. The van der Waals surface area contributed by atoms with Crippen LogP contribution >= 0.6 is 0 Å². The molecule has 0 aromatic heterocycles. The molecule has 17 heavy (non-hydrogen) atoms. The van der Waals surface area contributed by atoms with Crippen molar-refractivity contribution in [3.63, 3.8) is 0 Å². The summed E-state index contributed by atoms with van der Waals surface area (Å²) in [5.41, 5.74) is 3.23. The smallest absolute Gasteiger partial charge is 0.305 e. The lowest BCUT2D eigenvalue weighted by Crippen LogP contribution is -2.30. The van der Waals surface area contributed by atoms with Crippen LogP contribution in [0.15, 0.2) is 0 Å². The maximum atomic E-state index is 11.1. The number of hydrogen-bond acceptors (Lipinski definition) is 4. The van der Waals surface area contributed by atoms with Gasteiger partial charge >= 0.3 is 5.97 Å². The molecule has 1 aliphatic rings. The fraction of sp³-hybridized carbons (Fsp3) is 0.750. The molecule has 0 aromatic carbocycles. The summed E-state index contributed by atoms with van der Waals surface area (Å²) in [6, 6.07) is 0. The maximum Gasteiger partial charge on any atom is 0.305 e. The van der Waals surface area contributed by atoms with E-state index in [1.54, 1.807) is 0 Å². The third kappa shape index (κ3) is 4.90. The molecule has 5 heteroatoms. The molecule has 96 valence electrons. The van der Waals surface area contributed by atoms with Crippen LogP contribution < -0.4 is 0 Å². The zero-order valence-electron chi connectivity index (χ0n) is 11.0. The first-order valence-electron chi connectivity index (χ1n) is 5.76. The molecule has 0 radical (unpaired) electrons. The van der Waals surface area contributed by atoms with E-state index in [4.69, 9.17) is 9.47 Å². The second-order valence-corrected chi connectivity index (χ2v) is 9.78. The maximum absolute atomic E-state index is 11.1. The monoisotopic (exact) mass is 256 g/mol. The van der Waals surface area contributed by atoms with Gasteiger partial charge in [0.15, 0.2) is 0 Å². The van der Waals surface area contributed by atoms with Gasteiger partial charge < -0.3 is 14.2 Å². The van der Waals surface area contributed by atoms with E-state index in [1.807, 2.05) is 0 Å². The molecule has 0 atom stereocenters. The number of methoxy groups -OCH3 is 1. The molecule has 1 rings (SSSR count). The van der Waals surface area contributed by atoms with Gasteiger partial charge in [-0.2, -0.15) is 0 Å². The molecule has 0 spiro atoms. The third-order valence-corrected chi connectivity index (χ3v) is 3.14. The van der Waals surface area contributed by atoms with Crippen LogP contribution in [-0.4, -0.2) is 40.2 Å². The summed E-state index contributed by atoms with van der Waals surface area (Å²) in [7, 11) is -0.0994. The lowest BCUT2D eigenvalue weighted by molar-refractivity contribution is -0.147. The van der Waals surface area contributed by atoms with Gasteiger partial charge in [-0.25, -0.2) is 0 Å². The Morgan fingerprint density at radius 2 is 1.94 bits per heavy atom. The Balaban J connectivity index is 2.68. The van der Waals surface area contributed by atoms with Crippen molar-refractivity contribution in [3.8, 4) is 11.5 Å². The molecule has 4 nitrogen and oxygen atoms in total. The van der Waals surface area contributed by atoms with Crippen LogP contribution in [0.3, 0.4) is 0 Å². The summed E-state index contributed by atoms with van der Waals surface area (Å²) < 4.78 is 15.7. The van der Waals surface area contributed by atoms with E-state index < -0.39 is 13.9 Å². The van der Waals surface area contributed by atoms with Crippen molar-refractivity contribution in [2.45, 2.75) is 38.3 Å². The fourth-order valence-corrected chi connectivity index (χ4v) is 1.95. The van der Waals surface area contributed by atoms with Crippen molar-refractivity contribution in [1.82, 2.24) is 0 Å². The number of ether oxygens (including phenoxy) is 3. The molecule has 0 bridgehead atoms. The van der Waals surface area contributed by atoms with Gasteiger partial charge in [-0.1, -0.05) is 19.6 Å². The molecule has 1 fully saturated rings. The van der Waals surface area contributed by atoms with Crippen LogP contribution in [0.5, 0.6) is 0 Å². The van der Waals surface area contributed by atoms with Crippen molar-refractivity contribution in [3.05, 3.63) is 0 Å². The SMILES string of the molecule is COC(=O)CCC1(C#C[Si](C)(C)C)OCCO1. The first-order chi connectivity index (χ1) is 7.87. The molecule has 0 amide bonds. The highest BCUT2D eigenvalue weighted by Gasteiger charge is 2.35. The first-order valence-corrected chi connectivity index (χ1v) is 9.26. The van der Waals surface area contributed by atoms with Gasteiger partial charge in [0.2, 0.25) is 5.79 Å². The molecule has 1 saturated heterocycles. The van der Waals surface area contributed by atoms with E-state index in [0.717, 1.165) is 0 Å². The van der Waals surface area contributed by atoms with Crippen molar-refractivity contribution >= 4 is 14.0 Å². The molecular formula is C12H20O4Si. The first kappa shape index (κ1) is 14.2. The minimum Gasteiger partial charge on any atom is -0.469 e. The van der Waals surface area contributed by atoms with E-state index in [0.29, 0.717) is 19.6 Å². The summed E-state index contributed by atoms with van der Waals surface area (Å²) in [6.07, 6.45) is 0.689. The van der Waals surface area contributed by atoms with Gasteiger partial charge in [-0.15, -0.1) is 5.54 Å². The Kier molecular flexibility index (Phi) is 4.75. The third-order valence-electron chi connectivity index (χ3n) is 2.27. The van der Waals surface area contributed by atoms with Gasteiger partial charge in [-0.3, -0.25) is 4.79 Å². The molecule has 0 unspecified atom stereocenters. The van der Waals surface area contributed by atoms with Crippen LogP contribution in [-0.2, 0) is 19.0 Å². The predicted octanol–water partition coefficient (Wildman–Crippen LogP) is 1.56. The standard InChI is InChI=1S/C12H20O4Si/c1-14-11(13)5-6-12(15-8-9-16-12)7-10-17(2,3)4/h5-6,8-9H2,1-4H3. The van der Waals surface area contributed by atoms with E-state index in [9.17, 15) is 4.79 Å². The highest BCUT2D eigenvalue weighted by molar-refractivity contribution is 6.83. The lowest BCUT2D eigenvalue weighted by atomic mass is 10.1. The number of hydrogen-bond donors (Lipinski definition) is 0. The average Bonchev–Trinajstić information content (AvgIpc) is 2.72. The van der Waals surface area contributed by atoms with Crippen molar-refractivity contribution in [2.24, 2.45) is 0 Å². The van der Waals surface area contributed by atoms with Gasteiger partial charge in [0, 0.05) is 6.42 Å². The summed E-state index contributed by atoms with van der Waals surface area (Å²) in [6.45, 7) is 7.53. The molecule has 1 heterocycles. The summed E-state index contributed by atoms with van der Waals surface area (Å²) >= 11 is 0. The van der Waals surface area contributed by atoms with Gasteiger partial charge in [-0.05, 0) is 5.92 Å². The zero-order valence-corrected chi connectivity index (χ0v) is 12.0. The Hall–Kier alpha value is -0.833. The Morgan fingerprint density at radius 1 is 1.35 bits per heavy atom. The summed E-state index contributed by atoms with van der Waals surface area (Å²) in [5, 5.41) is 0. The van der Waals surface area contributed by atoms with Crippen molar-refractivity contribution in [1.29, 1.82) is 0 Å². The molecule has 1 aliphatic heterocycles. The summed E-state index contributed by atoms with van der Waals surface area (Å²) in [4.78, 5) is 11.1. The van der Waals surface area contributed by atoms with Gasteiger partial charge in [0.05, 0.1) is 26.7 Å². The van der Waals surface area contributed by atoms with Crippen molar-refractivity contribution < 1.29 is 19.0 Å². The van der Waals surface area contributed by atoms with E-state index in [2.05, 4.69) is 35.8 Å². The van der Waals surface area contributed by atoms with E-state index >= 15 is 0 Å². The molecule has 0 saturated carbocycles. The van der Waals surface area contributed by atoms with Crippen LogP contribution in [0.2, 0.25) is 19.6 Å². The quantitative estimate of drug-likeness (QED) is 0.437. The Labute approximate surface area is 104 Å². The van der Waals surface area contributed by atoms with Crippen LogP contribution in [0.4, 0.5) is 0 Å². The van der Waals surface area contributed by atoms with Crippen molar-refractivity contribution in [2.75, 3.05) is 20.3 Å². The minimum absolute atomic E-state index is 0.261. The number of carbonyl (C=O) groups is 1. The molecular weight excluding hydrogens is 236 g/mol. The zero-order chi connectivity index (χ0) is 12.9. The molecule has 0 aliphatic carbocycles. The molecule has 0 N–H and O–H groups in total. The average molecular weight is 256 g/mol. The fourth-order valence-electron chi connectivity index (χ4n) is 1.39. The topological polar surface area (TPSA) is 44.8 Å². The lowest BCUT2D eigenvalue weighted by Gasteiger charge is -2.21. The second kappa shape index (κ2) is 5.67. The minimum atomic E-state index is -1.47. The highest BCUT2D eigenvalue weighted by Crippen LogP contribution is 2.24. The normalized spacial score (nSPS) is 18.4.